The molecule has 23 heavy (non-hydrogen) atoms. The van der Waals surface area contributed by atoms with Gasteiger partial charge in [-0.2, -0.15) is 0 Å². The zero-order chi connectivity index (χ0) is 16.2. The summed E-state index contributed by atoms with van der Waals surface area (Å²) in [5.41, 5.74) is 2.09. The Morgan fingerprint density at radius 2 is 2.17 bits per heavy atom. The molecule has 1 unspecified atom stereocenters. The average molecular weight is 345 g/mol. The first-order valence-corrected chi connectivity index (χ1v) is 9.46. The maximum absolute atomic E-state index is 12.2. The Morgan fingerprint density at radius 3 is 2.91 bits per heavy atom. The topological polar surface area (TPSA) is 46.9 Å². The molecule has 1 amide bonds. The van der Waals surface area contributed by atoms with E-state index in [2.05, 4.69) is 27.9 Å². The van der Waals surface area contributed by atoms with E-state index < -0.39 is 0 Å². The molecule has 2 aromatic heterocycles. The molecule has 0 aliphatic rings. The van der Waals surface area contributed by atoms with Gasteiger partial charge in [0.25, 0.3) is 0 Å². The number of thiophene rings is 1. The van der Waals surface area contributed by atoms with Crippen LogP contribution in [0.5, 0.6) is 0 Å². The lowest BCUT2D eigenvalue weighted by atomic mass is 10.3. The summed E-state index contributed by atoms with van der Waals surface area (Å²) >= 11 is 3.15. The van der Waals surface area contributed by atoms with Gasteiger partial charge in [0.2, 0.25) is 5.91 Å². The molecule has 0 fully saturated rings. The first-order valence-electron chi connectivity index (χ1n) is 7.60. The number of amides is 1. The van der Waals surface area contributed by atoms with E-state index in [1.807, 2.05) is 42.6 Å². The van der Waals surface area contributed by atoms with Gasteiger partial charge in [0.15, 0.2) is 5.16 Å². The molecular weight excluding hydrogens is 326 g/mol. The predicted molar refractivity (Wildman–Crippen MR) is 97.0 cm³/mol. The van der Waals surface area contributed by atoms with Crippen LogP contribution in [-0.4, -0.2) is 21.2 Å². The highest BCUT2D eigenvalue weighted by Crippen LogP contribution is 2.24. The summed E-state index contributed by atoms with van der Waals surface area (Å²) in [4.78, 5) is 18.0. The van der Waals surface area contributed by atoms with Crippen molar-refractivity contribution in [2.45, 2.75) is 31.6 Å². The monoisotopic (exact) mass is 345 g/mol. The van der Waals surface area contributed by atoms with Crippen molar-refractivity contribution < 1.29 is 4.79 Å². The quantitative estimate of drug-likeness (QED) is 0.685. The number of hydrogen-bond acceptors (Lipinski definition) is 4. The van der Waals surface area contributed by atoms with E-state index in [1.54, 1.807) is 11.3 Å². The second-order valence-electron chi connectivity index (χ2n) is 5.22. The third-order valence-corrected chi connectivity index (χ3v) is 5.65. The molecule has 4 nitrogen and oxygen atoms in total. The van der Waals surface area contributed by atoms with Crippen LogP contribution in [0.1, 0.15) is 24.8 Å². The largest absolute Gasteiger partial charge is 0.348 e. The number of rotatable bonds is 6. The lowest BCUT2D eigenvalue weighted by Crippen LogP contribution is -2.27. The van der Waals surface area contributed by atoms with Gasteiger partial charge < -0.3 is 9.88 Å². The van der Waals surface area contributed by atoms with Gasteiger partial charge in [-0.15, -0.1) is 11.3 Å². The Kier molecular flexibility index (Phi) is 5.03. The van der Waals surface area contributed by atoms with Crippen LogP contribution in [0.15, 0.2) is 46.9 Å². The number of fused-ring (bicyclic) bond motifs is 1. The van der Waals surface area contributed by atoms with E-state index in [0.717, 1.165) is 22.7 Å². The third-order valence-electron chi connectivity index (χ3n) is 3.62. The van der Waals surface area contributed by atoms with E-state index in [9.17, 15) is 4.79 Å². The van der Waals surface area contributed by atoms with E-state index in [0.29, 0.717) is 5.75 Å². The van der Waals surface area contributed by atoms with Gasteiger partial charge in [-0.1, -0.05) is 30.0 Å². The number of benzene rings is 1. The highest BCUT2D eigenvalue weighted by atomic mass is 32.2. The zero-order valence-corrected chi connectivity index (χ0v) is 14.8. The maximum Gasteiger partial charge on any atom is 0.230 e. The molecule has 1 atom stereocenters. The SMILES string of the molecule is CCn1c(SCC(=O)NC(C)c2cccs2)nc2ccccc21. The Morgan fingerprint density at radius 1 is 1.35 bits per heavy atom. The van der Waals surface area contributed by atoms with Gasteiger partial charge in [0.1, 0.15) is 0 Å². The zero-order valence-electron chi connectivity index (χ0n) is 13.2. The van der Waals surface area contributed by atoms with Crippen LogP contribution in [0.25, 0.3) is 11.0 Å². The minimum absolute atomic E-state index is 0.0330. The van der Waals surface area contributed by atoms with Crippen LogP contribution in [0.3, 0.4) is 0 Å². The maximum atomic E-state index is 12.2. The number of imidazole rings is 1. The Balaban J connectivity index is 1.65. The smallest absolute Gasteiger partial charge is 0.230 e. The first-order chi connectivity index (χ1) is 11.2. The van der Waals surface area contributed by atoms with Gasteiger partial charge in [0.05, 0.1) is 22.8 Å². The summed E-state index contributed by atoms with van der Waals surface area (Å²) in [5, 5.41) is 5.96. The fourth-order valence-electron chi connectivity index (χ4n) is 2.49. The van der Waals surface area contributed by atoms with Gasteiger partial charge in [-0.05, 0) is 37.4 Å². The molecule has 0 radical (unpaired) electrons. The van der Waals surface area contributed by atoms with Gasteiger partial charge >= 0.3 is 0 Å². The average Bonchev–Trinajstić information content (AvgIpc) is 3.20. The van der Waals surface area contributed by atoms with Crippen molar-refractivity contribution in [3.8, 4) is 0 Å². The lowest BCUT2D eigenvalue weighted by Gasteiger charge is -2.12. The van der Waals surface area contributed by atoms with Crippen LogP contribution >= 0.6 is 23.1 Å². The van der Waals surface area contributed by atoms with Crippen molar-refractivity contribution in [3.63, 3.8) is 0 Å². The minimum Gasteiger partial charge on any atom is -0.348 e. The summed E-state index contributed by atoms with van der Waals surface area (Å²) in [6.45, 7) is 4.95. The summed E-state index contributed by atoms with van der Waals surface area (Å²) in [5.74, 6) is 0.407. The number of carbonyl (C=O) groups is 1. The predicted octanol–water partition coefficient (Wildman–Crippen LogP) is 4.09. The molecule has 1 N–H and O–H groups in total. The molecule has 0 bridgehead atoms. The van der Waals surface area contributed by atoms with E-state index in [1.165, 1.54) is 16.6 Å². The van der Waals surface area contributed by atoms with Gasteiger partial charge in [-0.3, -0.25) is 4.79 Å². The van der Waals surface area contributed by atoms with Crippen molar-refractivity contribution in [3.05, 3.63) is 46.7 Å². The number of carbonyl (C=O) groups excluding carboxylic acids is 1. The van der Waals surface area contributed by atoms with E-state index in [4.69, 9.17) is 0 Å². The van der Waals surface area contributed by atoms with E-state index in [-0.39, 0.29) is 11.9 Å². The standard InChI is InChI=1S/C17H19N3OS2/c1-3-20-14-8-5-4-7-13(14)19-17(20)23-11-16(21)18-12(2)15-9-6-10-22-15/h4-10,12H,3,11H2,1-2H3,(H,18,21). The second-order valence-corrected chi connectivity index (χ2v) is 7.14. The number of thioether (sulfide) groups is 1. The third kappa shape index (κ3) is 3.59. The molecule has 3 aromatic rings. The molecule has 1 aromatic carbocycles. The van der Waals surface area contributed by atoms with Crippen molar-refractivity contribution in [2.24, 2.45) is 0 Å². The van der Waals surface area contributed by atoms with Crippen LogP contribution in [0, 0.1) is 0 Å². The van der Waals surface area contributed by atoms with Crippen molar-refractivity contribution in [1.29, 1.82) is 0 Å². The molecule has 0 spiro atoms. The summed E-state index contributed by atoms with van der Waals surface area (Å²) in [6, 6.07) is 12.2. The number of para-hydroxylation sites is 2. The highest BCUT2D eigenvalue weighted by Gasteiger charge is 2.14. The van der Waals surface area contributed by atoms with Crippen LogP contribution in [-0.2, 0) is 11.3 Å². The summed E-state index contributed by atoms with van der Waals surface area (Å²) in [7, 11) is 0. The van der Waals surface area contributed by atoms with Crippen LogP contribution in [0.4, 0.5) is 0 Å². The number of hydrogen-bond donors (Lipinski definition) is 1. The number of nitrogens with zero attached hydrogens (tertiary/aromatic N) is 2. The Hall–Kier alpha value is -1.79. The lowest BCUT2D eigenvalue weighted by molar-refractivity contribution is -0.119. The van der Waals surface area contributed by atoms with Gasteiger partial charge in [0, 0.05) is 11.4 Å². The van der Waals surface area contributed by atoms with Crippen molar-refractivity contribution in [2.75, 3.05) is 5.75 Å². The second kappa shape index (κ2) is 7.19. The fraction of sp³-hybridized carbons (Fsp3) is 0.294. The molecule has 3 rings (SSSR count). The first kappa shape index (κ1) is 16.1. The van der Waals surface area contributed by atoms with Gasteiger partial charge in [-0.25, -0.2) is 4.98 Å². The van der Waals surface area contributed by atoms with Crippen molar-refractivity contribution in [1.82, 2.24) is 14.9 Å². The number of aromatic nitrogens is 2. The van der Waals surface area contributed by atoms with Crippen LogP contribution in [0.2, 0.25) is 0 Å². The fourth-order valence-corrected chi connectivity index (χ4v) is 4.12. The molecule has 0 aliphatic heterocycles. The minimum atomic E-state index is 0.0330. The van der Waals surface area contributed by atoms with Crippen LogP contribution < -0.4 is 5.32 Å². The molecular formula is C17H19N3OS2. The summed E-state index contributed by atoms with van der Waals surface area (Å²) in [6.07, 6.45) is 0. The molecule has 0 aliphatic carbocycles. The van der Waals surface area contributed by atoms with E-state index >= 15 is 0 Å². The normalized spacial score (nSPS) is 12.4. The number of aryl methyl sites for hydroxylation is 1. The molecule has 0 saturated heterocycles. The molecule has 6 heteroatoms. The Bertz CT molecular complexity index is 795. The molecule has 120 valence electrons. The molecule has 2 heterocycles. The highest BCUT2D eigenvalue weighted by molar-refractivity contribution is 7.99. The van der Waals surface area contributed by atoms with Crippen molar-refractivity contribution >= 4 is 40.0 Å². The Labute approximate surface area is 143 Å². The number of nitrogens with one attached hydrogen (secondary N) is 1. The molecule has 0 saturated carbocycles. The summed E-state index contributed by atoms with van der Waals surface area (Å²) < 4.78 is 2.15.